The van der Waals surface area contributed by atoms with Crippen LogP contribution in [0, 0.1) is 13.8 Å². The maximum absolute atomic E-state index is 10.9. The summed E-state index contributed by atoms with van der Waals surface area (Å²) >= 11 is 12.6. The van der Waals surface area contributed by atoms with Crippen LogP contribution < -0.4 is 9.47 Å². The van der Waals surface area contributed by atoms with Crippen molar-refractivity contribution in [2.24, 2.45) is 0 Å². The van der Waals surface area contributed by atoms with Gasteiger partial charge in [-0.15, -0.1) is 0 Å². The van der Waals surface area contributed by atoms with Crippen molar-refractivity contribution >= 4 is 23.2 Å². The van der Waals surface area contributed by atoms with Crippen molar-refractivity contribution in [1.82, 2.24) is 9.80 Å². The van der Waals surface area contributed by atoms with E-state index in [1.807, 2.05) is 62.4 Å². The quantitative estimate of drug-likeness (QED) is 0.0856. The lowest BCUT2D eigenvalue weighted by atomic mass is 10.1. The molecule has 2 atom stereocenters. The summed E-state index contributed by atoms with van der Waals surface area (Å²) in [6.07, 6.45) is 2.91. The first kappa shape index (κ1) is 37.7. The molecule has 4 aromatic carbocycles. The number of hydrogen-bond acceptors (Lipinski definition) is 6. The second-order valence-corrected chi connectivity index (χ2v) is 13.5. The smallest absolute Gasteiger partial charge is 0.138 e. The Kier molecular flexibility index (Phi) is 16.0. The molecule has 2 N–H and O–H groups in total. The molecule has 0 saturated carbocycles. The van der Waals surface area contributed by atoms with Gasteiger partial charge in [-0.1, -0.05) is 109 Å². The molecule has 0 bridgehead atoms. The number of halogens is 2. The predicted molar refractivity (Wildman–Crippen MR) is 197 cm³/mol. The lowest BCUT2D eigenvalue weighted by Crippen LogP contribution is -2.36. The van der Waals surface area contributed by atoms with Gasteiger partial charge in [-0.25, -0.2) is 0 Å². The number of ether oxygens (including phenoxy) is 2. The molecule has 0 aliphatic rings. The molecule has 4 aromatic rings. The minimum absolute atomic E-state index is 0.181. The maximum atomic E-state index is 10.9. The van der Waals surface area contributed by atoms with Gasteiger partial charge in [-0.05, 0) is 86.3 Å². The monoisotopic (exact) mass is 692 g/mol. The van der Waals surface area contributed by atoms with E-state index in [0.717, 1.165) is 63.0 Å². The van der Waals surface area contributed by atoms with Gasteiger partial charge in [-0.3, -0.25) is 9.80 Å². The molecule has 48 heavy (non-hydrogen) atoms. The fourth-order valence-electron chi connectivity index (χ4n) is 5.69. The van der Waals surface area contributed by atoms with Crippen LogP contribution in [-0.2, 0) is 13.1 Å². The van der Waals surface area contributed by atoms with E-state index in [0.29, 0.717) is 34.6 Å². The van der Waals surface area contributed by atoms with Gasteiger partial charge in [0.05, 0.1) is 10.0 Å². The van der Waals surface area contributed by atoms with Crippen LogP contribution in [0.25, 0.3) is 0 Å². The minimum atomic E-state index is -0.644. The van der Waals surface area contributed by atoms with Crippen molar-refractivity contribution < 1.29 is 19.7 Å². The van der Waals surface area contributed by atoms with Gasteiger partial charge in [0.15, 0.2) is 0 Å². The van der Waals surface area contributed by atoms with Gasteiger partial charge in [0.25, 0.3) is 0 Å². The fourth-order valence-corrected chi connectivity index (χ4v) is 6.04. The van der Waals surface area contributed by atoms with E-state index in [1.54, 1.807) is 0 Å². The van der Waals surface area contributed by atoms with Crippen molar-refractivity contribution in [2.75, 3.05) is 39.4 Å². The Morgan fingerprint density at radius 2 is 0.958 bits per heavy atom. The molecule has 4 rings (SSSR count). The van der Waals surface area contributed by atoms with Gasteiger partial charge < -0.3 is 19.7 Å². The first-order chi connectivity index (χ1) is 23.2. The second-order valence-electron chi connectivity index (χ2n) is 12.7. The SMILES string of the molecule is Cc1ccc(Cl)c(OCC(O)CN(CCCCCCN(Cc2ccccc2)CC(O)COc2cc(C)ccc2Cl)Cc2ccccc2)c1. The lowest BCUT2D eigenvalue weighted by Gasteiger charge is -2.26. The van der Waals surface area contributed by atoms with E-state index in [1.165, 1.54) is 11.1 Å². The highest BCUT2D eigenvalue weighted by atomic mass is 35.5. The summed E-state index contributed by atoms with van der Waals surface area (Å²) in [6, 6.07) is 32.1. The summed E-state index contributed by atoms with van der Waals surface area (Å²) in [5, 5.41) is 22.9. The van der Waals surface area contributed by atoms with Crippen LogP contribution in [0.1, 0.15) is 47.9 Å². The van der Waals surface area contributed by atoms with Gasteiger partial charge in [0.1, 0.15) is 36.9 Å². The highest BCUT2D eigenvalue weighted by molar-refractivity contribution is 6.32. The third kappa shape index (κ3) is 13.8. The number of aliphatic hydroxyl groups is 2. The number of unbranched alkanes of at least 4 members (excludes halogenated alkanes) is 3. The van der Waals surface area contributed by atoms with E-state index < -0.39 is 12.2 Å². The van der Waals surface area contributed by atoms with Crippen LogP contribution in [0.3, 0.4) is 0 Å². The number of rotatable bonds is 21. The van der Waals surface area contributed by atoms with Gasteiger partial charge in [0, 0.05) is 26.2 Å². The van der Waals surface area contributed by atoms with Crippen LogP contribution in [-0.4, -0.2) is 71.6 Å². The summed E-state index contributed by atoms with van der Waals surface area (Å²) < 4.78 is 11.8. The summed E-state index contributed by atoms with van der Waals surface area (Å²) in [6.45, 7) is 8.65. The molecule has 0 aliphatic heterocycles. The highest BCUT2D eigenvalue weighted by Crippen LogP contribution is 2.26. The van der Waals surface area contributed by atoms with Crippen molar-refractivity contribution in [3.05, 3.63) is 129 Å². The van der Waals surface area contributed by atoms with Crippen molar-refractivity contribution in [1.29, 1.82) is 0 Å². The number of aliphatic hydroxyl groups excluding tert-OH is 2. The van der Waals surface area contributed by atoms with E-state index >= 15 is 0 Å². The molecule has 2 unspecified atom stereocenters. The van der Waals surface area contributed by atoms with E-state index in [-0.39, 0.29) is 13.2 Å². The normalized spacial score (nSPS) is 12.8. The second kappa shape index (κ2) is 20.4. The average Bonchev–Trinajstić information content (AvgIpc) is 3.08. The molecular weight excluding hydrogens is 643 g/mol. The highest BCUT2D eigenvalue weighted by Gasteiger charge is 2.16. The lowest BCUT2D eigenvalue weighted by molar-refractivity contribution is 0.0634. The first-order valence-electron chi connectivity index (χ1n) is 16.9. The minimum Gasteiger partial charge on any atom is -0.489 e. The number of benzene rings is 4. The molecule has 6 nitrogen and oxygen atoms in total. The van der Waals surface area contributed by atoms with Crippen LogP contribution in [0.5, 0.6) is 11.5 Å². The molecular formula is C40H50Cl2N2O4. The summed E-state index contributed by atoms with van der Waals surface area (Å²) in [4.78, 5) is 4.61. The summed E-state index contributed by atoms with van der Waals surface area (Å²) in [5.74, 6) is 1.20. The Balaban J connectivity index is 1.24. The molecule has 258 valence electrons. The summed E-state index contributed by atoms with van der Waals surface area (Å²) in [5.41, 5.74) is 4.56. The molecule has 0 radical (unpaired) electrons. The van der Waals surface area contributed by atoms with E-state index in [4.69, 9.17) is 32.7 Å². The van der Waals surface area contributed by atoms with Crippen LogP contribution in [0.15, 0.2) is 97.1 Å². The largest absolute Gasteiger partial charge is 0.489 e. The number of nitrogens with zero attached hydrogens (tertiary/aromatic N) is 2. The van der Waals surface area contributed by atoms with Gasteiger partial charge in [0.2, 0.25) is 0 Å². The standard InChI is InChI=1S/C40H50Cl2N2O4/c1-31-17-19-37(41)39(23-31)47-29-35(45)27-43(25-33-13-7-5-8-14-33)21-11-3-4-12-22-44(26-34-15-9-6-10-16-34)28-36(46)30-48-40-24-32(2)18-20-38(40)42/h5-10,13-20,23-24,35-36,45-46H,3-4,11-12,21-22,25-30H2,1-2H3. The zero-order valence-electron chi connectivity index (χ0n) is 28.2. The van der Waals surface area contributed by atoms with Crippen molar-refractivity contribution in [3.8, 4) is 11.5 Å². The predicted octanol–water partition coefficient (Wildman–Crippen LogP) is 8.35. The topological polar surface area (TPSA) is 65.4 Å². The third-order valence-corrected chi connectivity index (χ3v) is 8.79. The van der Waals surface area contributed by atoms with Crippen LogP contribution in [0.2, 0.25) is 10.0 Å². The molecule has 8 heteroatoms. The van der Waals surface area contributed by atoms with Crippen molar-refractivity contribution in [3.63, 3.8) is 0 Å². The van der Waals surface area contributed by atoms with E-state index in [2.05, 4.69) is 58.3 Å². The first-order valence-corrected chi connectivity index (χ1v) is 17.7. The number of aryl methyl sites for hydroxylation is 2. The Morgan fingerprint density at radius 3 is 1.35 bits per heavy atom. The maximum Gasteiger partial charge on any atom is 0.138 e. The Hall–Kier alpha value is -3.10. The third-order valence-electron chi connectivity index (χ3n) is 8.17. The Bertz CT molecular complexity index is 1380. The number of hydrogen-bond donors (Lipinski definition) is 2. The molecule has 0 amide bonds. The molecule has 0 aliphatic carbocycles. The zero-order valence-corrected chi connectivity index (χ0v) is 29.8. The Morgan fingerprint density at radius 1 is 0.562 bits per heavy atom. The fraction of sp³-hybridized carbons (Fsp3) is 0.400. The molecule has 0 aromatic heterocycles. The molecule has 0 fully saturated rings. The summed E-state index contributed by atoms with van der Waals surface area (Å²) in [7, 11) is 0. The molecule has 0 saturated heterocycles. The van der Waals surface area contributed by atoms with Crippen molar-refractivity contribution in [2.45, 2.75) is 64.8 Å². The zero-order chi connectivity index (χ0) is 34.1. The van der Waals surface area contributed by atoms with Crippen LogP contribution in [0.4, 0.5) is 0 Å². The van der Waals surface area contributed by atoms with Gasteiger partial charge in [-0.2, -0.15) is 0 Å². The average molecular weight is 694 g/mol. The molecule has 0 heterocycles. The van der Waals surface area contributed by atoms with Gasteiger partial charge >= 0.3 is 0 Å². The van der Waals surface area contributed by atoms with Crippen LogP contribution >= 0.6 is 23.2 Å². The molecule has 0 spiro atoms. The Labute approximate surface area is 296 Å². The van der Waals surface area contributed by atoms with E-state index in [9.17, 15) is 10.2 Å².